The zero-order chi connectivity index (χ0) is 10.9. The SMILES string of the molecule is C[C@@H](F)CCN1CC[C@@H](O)CC12CCC2. The molecule has 1 saturated carbocycles. The Bertz CT molecular complexity index is 216. The van der Waals surface area contributed by atoms with Crippen LogP contribution in [0.3, 0.4) is 0 Å². The minimum atomic E-state index is -0.700. The minimum Gasteiger partial charge on any atom is -0.393 e. The minimum absolute atomic E-state index is 0.121. The molecule has 2 rings (SSSR count). The van der Waals surface area contributed by atoms with Gasteiger partial charge in [-0.15, -0.1) is 0 Å². The number of piperidine rings is 1. The van der Waals surface area contributed by atoms with E-state index in [0.717, 1.165) is 25.9 Å². The third-order valence-corrected chi connectivity index (χ3v) is 4.10. The molecule has 0 aromatic rings. The van der Waals surface area contributed by atoms with Crippen LogP contribution in [0.1, 0.15) is 45.4 Å². The molecule has 88 valence electrons. The summed E-state index contributed by atoms with van der Waals surface area (Å²) in [5, 5.41) is 9.70. The van der Waals surface area contributed by atoms with Gasteiger partial charge in [-0.3, -0.25) is 4.90 Å². The Morgan fingerprint density at radius 1 is 1.53 bits per heavy atom. The van der Waals surface area contributed by atoms with E-state index in [1.54, 1.807) is 6.92 Å². The van der Waals surface area contributed by atoms with Crippen molar-refractivity contribution in [1.82, 2.24) is 4.90 Å². The molecule has 1 spiro atoms. The molecule has 0 aromatic carbocycles. The Kier molecular flexibility index (Phi) is 3.31. The molecular formula is C12H22FNO. The van der Waals surface area contributed by atoms with E-state index >= 15 is 0 Å². The first kappa shape index (κ1) is 11.3. The highest BCUT2D eigenvalue weighted by molar-refractivity contribution is 5.02. The molecule has 2 atom stereocenters. The summed E-state index contributed by atoms with van der Waals surface area (Å²) in [6.45, 7) is 3.45. The van der Waals surface area contributed by atoms with Crippen LogP contribution in [0, 0.1) is 0 Å². The van der Waals surface area contributed by atoms with Gasteiger partial charge in [-0.2, -0.15) is 0 Å². The Balaban J connectivity index is 1.91. The summed E-state index contributed by atoms with van der Waals surface area (Å²) in [6.07, 6.45) is 5.26. The van der Waals surface area contributed by atoms with Gasteiger partial charge in [0.25, 0.3) is 0 Å². The zero-order valence-electron chi connectivity index (χ0n) is 9.58. The van der Waals surface area contributed by atoms with Crippen molar-refractivity contribution in [2.24, 2.45) is 0 Å². The van der Waals surface area contributed by atoms with Crippen molar-refractivity contribution in [2.45, 2.75) is 63.3 Å². The number of nitrogens with zero attached hydrogens (tertiary/aromatic N) is 1. The molecule has 3 heteroatoms. The van der Waals surface area contributed by atoms with Gasteiger partial charge in [0, 0.05) is 18.6 Å². The van der Waals surface area contributed by atoms with Crippen molar-refractivity contribution in [2.75, 3.05) is 13.1 Å². The van der Waals surface area contributed by atoms with Gasteiger partial charge in [0.05, 0.1) is 12.3 Å². The van der Waals surface area contributed by atoms with E-state index in [4.69, 9.17) is 0 Å². The number of likely N-dealkylation sites (tertiary alicyclic amines) is 1. The van der Waals surface area contributed by atoms with Crippen molar-refractivity contribution in [3.8, 4) is 0 Å². The molecule has 2 nitrogen and oxygen atoms in total. The van der Waals surface area contributed by atoms with E-state index in [0.29, 0.717) is 6.42 Å². The van der Waals surface area contributed by atoms with Gasteiger partial charge in [-0.05, 0) is 45.4 Å². The van der Waals surface area contributed by atoms with E-state index in [2.05, 4.69) is 4.90 Å². The normalized spacial score (nSPS) is 32.6. The molecule has 0 aromatic heterocycles. The van der Waals surface area contributed by atoms with Crippen LogP contribution in [0.4, 0.5) is 4.39 Å². The van der Waals surface area contributed by atoms with E-state index in [9.17, 15) is 9.50 Å². The monoisotopic (exact) mass is 215 g/mol. The fourth-order valence-electron chi connectivity index (χ4n) is 3.00. The highest BCUT2D eigenvalue weighted by Crippen LogP contribution is 2.44. The number of halogens is 1. The van der Waals surface area contributed by atoms with Gasteiger partial charge in [0.15, 0.2) is 0 Å². The highest BCUT2D eigenvalue weighted by atomic mass is 19.1. The van der Waals surface area contributed by atoms with Gasteiger partial charge in [0.1, 0.15) is 0 Å². The lowest BCUT2D eigenvalue weighted by atomic mass is 9.69. The lowest BCUT2D eigenvalue weighted by Gasteiger charge is -2.54. The molecular weight excluding hydrogens is 193 g/mol. The third kappa shape index (κ3) is 2.34. The average molecular weight is 215 g/mol. The standard InChI is InChI=1S/C12H22FNO/c1-10(13)3-7-14-8-4-11(15)9-12(14)5-2-6-12/h10-11,15H,2-9H2,1H3/t10-,11-/m1/s1. The number of alkyl halides is 1. The van der Waals surface area contributed by atoms with Crippen LogP contribution in [0.15, 0.2) is 0 Å². The molecule has 1 aliphatic heterocycles. The van der Waals surface area contributed by atoms with Gasteiger partial charge in [-0.1, -0.05) is 0 Å². The fourth-order valence-corrected chi connectivity index (χ4v) is 3.00. The van der Waals surface area contributed by atoms with Crippen molar-refractivity contribution in [1.29, 1.82) is 0 Å². The first-order chi connectivity index (χ1) is 7.12. The number of aliphatic hydroxyl groups is 1. The highest BCUT2D eigenvalue weighted by Gasteiger charge is 2.45. The van der Waals surface area contributed by atoms with Crippen molar-refractivity contribution >= 4 is 0 Å². The molecule has 0 bridgehead atoms. The van der Waals surface area contributed by atoms with Gasteiger partial charge < -0.3 is 5.11 Å². The van der Waals surface area contributed by atoms with E-state index in [1.807, 2.05) is 0 Å². The Morgan fingerprint density at radius 2 is 2.27 bits per heavy atom. The van der Waals surface area contributed by atoms with Crippen molar-refractivity contribution in [3.05, 3.63) is 0 Å². The predicted octanol–water partition coefficient (Wildman–Crippen LogP) is 2.11. The lowest BCUT2D eigenvalue weighted by molar-refractivity contribution is -0.0674. The van der Waals surface area contributed by atoms with Gasteiger partial charge in [0.2, 0.25) is 0 Å². The maximum absolute atomic E-state index is 12.8. The smallest absolute Gasteiger partial charge is 0.0985 e. The summed E-state index contributed by atoms with van der Waals surface area (Å²) < 4.78 is 12.8. The van der Waals surface area contributed by atoms with Crippen LogP contribution in [-0.4, -0.2) is 40.9 Å². The molecule has 1 N–H and O–H groups in total. The number of aliphatic hydroxyl groups excluding tert-OH is 1. The molecule has 1 heterocycles. The zero-order valence-corrected chi connectivity index (χ0v) is 9.58. The first-order valence-electron chi connectivity index (χ1n) is 6.20. The molecule has 0 radical (unpaired) electrons. The van der Waals surface area contributed by atoms with Crippen molar-refractivity contribution < 1.29 is 9.50 Å². The maximum atomic E-state index is 12.8. The summed E-state index contributed by atoms with van der Waals surface area (Å²) in [7, 11) is 0. The molecule has 1 aliphatic carbocycles. The number of rotatable bonds is 3. The van der Waals surface area contributed by atoms with Crippen LogP contribution in [0.5, 0.6) is 0 Å². The molecule has 0 amide bonds. The Morgan fingerprint density at radius 3 is 2.80 bits per heavy atom. The quantitative estimate of drug-likeness (QED) is 0.779. The maximum Gasteiger partial charge on any atom is 0.0985 e. The van der Waals surface area contributed by atoms with Crippen molar-refractivity contribution in [3.63, 3.8) is 0 Å². The third-order valence-electron chi connectivity index (χ3n) is 4.10. The van der Waals surface area contributed by atoms with Crippen LogP contribution in [0.25, 0.3) is 0 Å². The van der Waals surface area contributed by atoms with Gasteiger partial charge >= 0.3 is 0 Å². The van der Waals surface area contributed by atoms with E-state index in [-0.39, 0.29) is 11.6 Å². The second-order valence-corrected chi connectivity index (χ2v) is 5.28. The topological polar surface area (TPSA) is 23.5 Å². The van der Waals surface area contributed by atoms with E-state index in [1.165, 1.54) is 19.3 Å². The summed E-state index contributed by atoms with van der Waals surface area (Å²) in [4.78, 5) is 2.43. The summed E-state index contributed by atoms with van der Waals surface area (Å²) >= 11 is 0. The summed E-state index contributed by atoms with van der Waals surface area (Å²) in [6, 6.07) is 0. The van der Waals surface area contributed by atoms with Gasteiger partial charge in [-0.25, -0.2) is 4.39 Å². The average Bonchev–Trinajstić information content (AvgIpc) is 2.13. The molecule has 1 saturated heterocycles. The predicted molar refractivity (Wildman–Crippen MR) is 58.6 cm³/mol. The molecule has 2 aliphatic rings. The second kappa shape index (κ2) is 4.38. The Hall–Kier alpha value is -0.150. The molecule has 15 heavy (non-hydrogen) atoms. The lowest BCUT2D eigenvalue weighted by Crippen LogP contribution is -2.59. The number of hydrogen-bond donors (Lipinski definition) is 1. The summed E-state index contributed by atoms with van der Waals surface area (Å²) in [5.74, 6) is 0. The van der Waals surface area contributed by atoms with Crippen LogP contribution < -0.4 is 0 Å². The Labute approximate surface area is 91.5 Å². The number of hydrogen-bond acceptors (Lipinski definition) is 2. The van der Waals surface area contributed by atoms with Crippen LogP contribution in [0.2, 0.25) is 0 Å². The second-order valence-electron chi connectivity index (χ2n) is 5.28. The van der Waals surface area contributed by atoms with Crippen LogP contribution in [-0.2, 0) is 0 Å². The van der Waals surface area contributed by atoms with E-state index < -0.39 is 6.17 Å². The van der Waals surface area contributed by atoms with Crippen LogP contribution >= 0.6 is 0 Å². The largest absolute Gasteiger partial charge is 0.393 e. The molecule has 2 fully saturated rings. The molecule has 0 unspecified atom stereocenters. The first-order valence-corrected chi connectivity index (χ1v) is 6.20. The summed E-state index contributed by atoms with van der Waals surface area (Å²) in [5.41, 5.74) is 0.243. The fraction of sp³-hybridized carbons (Fsp3) is 1.00.